The Morgan fingerprint density at radius 1 is 1.24 bits per heavy atom. The van der Waals surface area contributed by atoms with Gasteiger partial charge in [-0.2, -0.15) is 0 Å². The number of piperazine rings is 1. The quantitative estimate of drug-likeness (QED) is 0.456. The van der Waals surface area contributed by atoms with Gasteiger partial charge in [-0.25, -0.2) is 9.78 Å². The van der Waals surface area contributed by atoms with Crippen molar-refractivity contribution in [3.63, 3.8) is 0 Å². The fourth-order valence-corrected chi connectivity index (χ4v) is 6.07. The van der Waals surface area contributed by atoms with Crippen LogP contribution in [-0.2, 0) is 6.54 Å². The highest BCUT2D eigenvalue weighted by molar-refractivity contribution is 7.18. The van der Waals surface area contributed by atoms with Crippen LogP contribution in [0.5, 0.6) is 0 Å². The van der Waals surface area contributed by atoms with Gasteiger partial charge in [-0.1, -0.05) is 39.2 Å². The molecular weight excluding hydrogens is 454 g/mol. The second-order valence-corrected chi connectivity index (χ2v) is 10.5. The Labute approximate surface area is 202 Å². The van der Waals surface area contributed by atoms with Gasteiger partial charge in [0.15, 0.2) is 0 Å². The molecule has 2 amide bonds. The summed E-state index contributed by atoms with van der Waals surface area (Å²) in [6.45, 7) is 8.66. The molecule has 0 saturated carbocycles. The summed E-state index contributed by atoms with van der Waals surface area (Å²) in [7, 11) is 0. The molecule has 0 aromatic carbocycles. The lowest BCUT2D eigenvalue weighted by molar-refractivity contribution is 0.132. The zero-order valence-electron chi connectivity index (χ0n) is 19.4. The predicted molar refractivity (Wildman–Crippen MR) is 137 cm³/mol. The molecule has 0 aliphatic carbocycles. The highest BCUT2D eigenvalue weighted by atomic mass is 32.1. The van der Waals surface area contributed by atoms with Crippen molar-refractivity contribution in [2.45, 2.75) is 46.1 Å². The Morgan fingerprint density at radius 3 is 2.76 bits per heavy atom. The summed E-state index contributed by atoms with van der Waals surface area (Å²) >= 11 is 3.15. The molecule has 1 saturated heterocycles. The first-order chi connectivity index (χ1) is 16.1. The molecule has 0 spiro atoms. The Kier molecular flexibility index (Phi) is 8.16. The van der Waals surface area contributed by atoms with Crippen LogP contribution in [0, 0.1) is 5.92 Å². The van der Waals surface area contributed by atoms with E-state index in [1.165, 1.54) is 30.6 Å². The number of amides is 2. The number of unbranched alkanes of at least 4 members (excludes halogenated alkanes) is 1. The van der Waals surface area contributed by atoms with Gasteiger partial charge in [-0.05, 0) is 23.8 Å². The third-order valence-electron chi connectivity index (χ3n) is 6.40. The van der Waals surface area contributed by atoms with Crippen molar-refractivity contribution in [3.8, 4) is 10.4 Å². The number of aromatic nitrogens is 2. The number of carbonyl (C=O) groups is 1. The van der Waals surface area contributed by atoms with Crippen LogP contribution in [0.3, 0.4) is 0 Å². The molecule has 33 heavy (non-hydrogen) atoms. The number of carbonyl (C=O) groups excluding carboxylic acids is 1. The summed E-state index contributed by atoms with van der Waals surface area (Å²) in [5, 5.41) is 7.84. The van der Waals surface area contributed by atoms with Crippen molar-refractivity contribution in [2.24, 2.45) is 5.92 Å². The lowest BCUT2D eigenvalue weighted by Gasteiger charge is -2.34. The van der Waals surface area contributed by atoms with E-state index >= 15 is 0 Å². The van der Waals surface area contributed by atoms with E-state index in [2.05, 4.69) is 29.0 Å². The standard InChI is InChI=1S/C24H33N5O2S2/c1-3-5-7-17(4-2)14-25-24(31)29-11-9-28(10-12-29)15-20-26-22(30)21-18(16-33-23(21)27-20)19-8-6-13-32-19/h6,8,13,16-17H,3-5,7,9-12,14-15H2,1-2H3,(H,25,31)(H,26,27,30)/t17-/m0/s1. The normalized spacial score (nSPS) is 15.8. The number of hydrogen-bond donors (Lipinski definition) is 2. The fraction of sp³-hybridized carbons (Fsp3) is 0.542. The molecule has 0 unspecified atom stereocenters. The Balaban J connectivity index is 1.31. The molecule has 3 aromatic heterocycles. The van der Waals surface area contributed by atoms with Crippen molar-refractivity contribution in [1.29, 1.82) is 0 Å². The average molecular weight is 488 g/mol. The van der Waals surface area contributed by atoms with Gasteiger partial charge in [0, 0.05) is 48.5 Å². The summed E-state index contributed by atoms with van der Waals surface area (Å²) in [6, 6.07) is 4.06. The summed E-state index contributed by atoms with van der Waals surface area (Å²) in [5.41, 5.74) is 0.885. The lowest BCUT2D eigenvalue weighted by atomic mass is 9.99. The number of fused-ring (bicyclic) bond motifs is 1. The number of nitrogens with one attached hydrogen (secondary N) is 2. The molecular formula is C24H33N5O2S2. The van der Waals surface area contributed by atoms with Gasteiger partial charge in [0.05, 0.1) is 11.9 Å². The van der Waals surface area contributed by atoms with Gasteiger partial charge in [-0.3, -0.25) is 9.69 Å². The van der Waals surface area contributed by atoms with E-state index in [-0.39, 0.29) is 11.6 Å². The maximum atomic E-state index is 12.8. The Morgan fingerprint density at radius 2 is 2.06 bits per heavy atom. The van der Waals surface area contributed by atoms with Crippen molar-refractivity contribution >= 4 is 38.9 Å². The van der Waals surface area contributed by atoms with Gasteiger partial charge in [0.1, 0.15) is 10.7 Å². The topological polar surface area (TPSA) is 81.3 Å². The average Bonchev–Trinajstić information content (AvgIpc) is 3.49. The van der Waals surface area contributed by atoms with Crippen molar-refractivity contribution in [3.05, 3.63) is 39.1 Å². The zero-order valence-corrected chi connectivity index (χ0v) is 21.1. The number of aromatic amines is 1. The summed E-state index contributed by atoms with van der Waals surface area (Å²) in [5.74, 6) is 1.25. The number of hydrogen-bond acceptors (Lipinski definition) is 6. The molecule has 0 bridgehead atoms. The SMILES string of the molecule is CCCC[C@H](CC)CNC(=O)N1CCN(Cc2nc3scc(-c4cccs4)c3c(=O)[nH]2)CC1. The minimum Gasteiger partial charge on any atom is -0.338 e. The number of H-pyrrole nitrogens is 1. The zero-order chi connectivity index (χ0) is 23.2. The number of nitrogens with zero attached hydrogens (tertiary/aromatic N) is 3. The predicted octanol–water partition coefficient (Wildman–Crippen LogP) is 4.76. The molecule has 1 fully saturated rings. The van der Waals surface area contributed by atoms with E-state index < -0.39 is 0 Å². The lowest BCUT2D eigenvalue weighted by Crippen LogP contribution is -2.52. The molecule has 1 atom stereocenters. The van der Waals surface area contributed by atoms with Gasteiger partial charge in [-0.15, -0.1) is 22.7 Å². The van der Waals surface area contributed by atoms with E-state index in [1.807, 2.05) is 27.8 Å². The van der Waals surface area contributed by atoms with E-state index in [9.17, 15) is 9.59 Å². The third-order valence-corrected chi connectivity index (χ3v) is 8.17. The van der Waals surface area contributed by atoms with Crippen LogP contribution in [0.25, 0.3) is 20.7 Å². The molecule has 0 radical (unpaired) electrons. The molecule has 3 aromatic rings. The second kappa shape index (κ2) is 11.3. The number of thiophene rings is 2. The van der Waals surface area contributed by atoms with Crippen LogP contribution >= 0.6 is 22.7 Å². The van der Waals surface area contributed by atoms with E-state index in [4.69, 9.17) is 4.98 Å². The van der Waals surface area contributed by atoms with Crippen molar-refractivity contribution in [1.82, 2.24) is 25.1 Å². The minimum absolute atomic E-state index is 0.0391. The highest BCUT2D eigenvalue weighted by Gasteiger charge is 2.22. The van der Waals surface area contributed by atoms with Gasteiger partial charge < -0.3 is 15.2 Å². The molecule has 1 aliphatic heterocycles. The smallest absolute Gasteiger partial charge is 0.317 e. The molecule has 178 valence electrons. The van der Waals surface area contributed by atoms with Crippen LogP contribution in [0.1, 0.15) is 45.4 Å². The van der Waals surface area contributed by atoms with Gasteiger partial charge >= 0.3 is 6.03 Å². The summed E-state index contributed by atoms with van der Waals surface area (Å²) < 4.78 is 0. The first kappa shape index (κ1) is 23.9. The molecule has 4 rings (SSSR count). The van der Waals surface area contributed by atoms with Crippen LogP contribution in [-0.4, -0.2) is 58.5 Å². The fourth-order valence-electron chi connectivity index (χ4n) is 4.29. The Bertz CT molecular complexity index is 1100. The molecule has 9 heteroatoms. The van der Waals surface area contributed by atoms with E-state index in [1.54, 1.807) is 11.3 Å². The molecule has 1 aliphatic rings. The van der Waals surface area contributed by atoms with Gasteiger partial charge in [0.2, 0.25) is 0 Å². The largest absolute Gasteiger partial charge is 0.338 e. The van der Waals surface area contributed by atoms with Gasteiger partial charge in [0.25, 0.3) is 5.56 Å². The first-order valence-electron chi connectivity index (χ1n) is 11.9. The second-order valence-electron chi connectivity index (χ2n) is 8.69. The summed E-state index contributed by atoms with van der Waals surface area (Å²) in [6.07, 6.45) is 4.69. The number of rotatable bonds is 9. The highest BCUT2D eigenvalue weighted by Crippen LogP contribution is 2.33. The van der Waals surface area contributed by atoms with Crippen LogP contribution in [0.2, 0.25) is 0 Å². The monoisotopic (exact) mass is 487 g/mol. The molecule has 2 N–H and O–H groups in total. The van der Waals surface area contributed by atoms with Crippen LogP contribution in [0.4, 0.5) is 4.79 Å². The third kappa shape index (κ3) is 5.83. The van der Waals surface area contributed by atoms with E-state index in [0.29, 0.717) is 36.8 Å². The Hall–Kier alpha value is -2.23. The van der Waals surface area contributed by atoms with Crippen molar-refractivity contribution in [2.75, 3.05) is 32.7 Å². The van der Waals surface area contributed by atoms with E-state index in [0.717, 1.165) is 41.3 Å². The first-order valence-corrected chi connectivity index (χ1v) is 13.6. The molecule has 7 nitrogen and oxygen atoms in total. The number of urea groups is 1. The summed E-state index contributed by atoms with van der Waals surface area (Å²) in [4.78, 5) is 39.1. The molecule has 4 heterocycles. The maximum absolute atomic E-state index is 12.8. The maximum Gasteiger partial charge on any atom is 0.317 e. The van der Waals surface area contributed by atoms with Crippen molar-refractivity contribution < 1.29 is 4.79 Å². The van der Waals surface area contributed by atoms with Crippen LogP contribution in [0.15, 0.2) is 27.7 Å². The van der Waals surface area contributed by atoms with Crippen LogP contribution < -0.4 is 10.9 Å². The minimum atomic E-state index is -0.0776.